The third-order valence-corrected chi connectivity index (χ3v) is 8.12. The second-order valence-corrected chi connectivity index (χ2v) is 10.6. The molecule has 174 valence electrons. The molecule has 0 spiro atoms. The third-order valence-electron chi connectivity index (χ3n) is 6.24. The predicted octanol–water partition coefficient (Wildman–Crippen LogP) is 4.58. The summed E-state index contributed by atoms with van der Waals surface area (Å²) in [5.74, 6) is 0.0504. The molecular weight excluding hydrogens is 448 g/mol. The summed E-state index contributed by atoms with van der Waals surface area (Å²) in [7, 11) is -3.65. The maximum atomic E-state index is 13.2. The van der Waals surface area contributed by atoms with Crippen LogP contribution < -0.4 is 5.32 Å². The molecule has 1 aromatic heterocycles. The lowest BCUT2D eigenvalue weighted by Crippen LogP contribution is -2.43. The molecule has 0 saturated carbocycles. The summed E-state index contributed by atoms with van der Waals surface area (Å²) < 4.78 is 27.7. The van der Waals surface area contributed by atoms with E-state index in [1.165, 1.54) is 4.31 Å². The molecule has 1 fully saturated rings. The Kier molecular flexibility index (Phi) is 5.93. The van der Waals surface area contributed by atoms with Gasteiger partial charge in [-0.2, -0.15) is 4.31 Å². The maximum Gasteiger partial charge on any atom is 0.243 e. The monoisotopic (exact) mass is 474 g/mol. The zero-order valence-corrected chi connectivity index (χ0v) is 19.7. The Hall–Kier alpha value is -3.49. The Labute approximate surface area is 198 Å². The molecule has 5 rings (SSSR count). The molecule has 0 bridgehead atoms. The summed E-state index contributed by atoms with van der Waals surface area (Å²) in [6.45, 7) is 2.49. The largest absolute Gasteiger partial charge is 0.338 e. The second-order valence-electron chi connectivity index (χ2n) is 8.65. The molecule has 34 heavy (non-hydrogen) atoms. The number of hydrogen-bond donors (Lipinski definition) is 2. The quantitative estimate of drug-likeness (QED) is 0.443. The number of sulfonamides is 1. The molecule has 2 N–H and O–H groups in total. The van der Waals surface area contributed by atoms with Crippen LogP contribution in [0, 0.1) is 12.8 Å². The highest BCUT2D eigenvalue weighted by Crippen LogP contribution is 2.29. The lowest BCUT2D eigenvalue weighted by molar-refractivity contribution is -0.120. The van der Waals surface area contributed by atoms with Gasteiger partial charge in [-0.3, -0.25) is 4.79 Å². The number of aromatic amines is 1. The van der Waals surface area contributed by atoms with E-state index in [1.807, 2.05) is 55.5 Å². The van der Waals surface area contributed by atoms with Crippen LogP contribution in [0.1, 0.15) is 18.4 Å². The summed E-state index contributed by atoms with van der Waals surface area (Å²) >= 11 is 0. The van der Waals surface area contributed by atoms with Crippen molar-refractivity contribution in [2.24, 2.45) is 5.92 Å². The molecule has 1 aliphatic heterocycles. The van der Waals surface area contributed by atoms with E-state index in [0.29, 0.717) is 30.9 Å². The van der Waals surface area contributed by atoms with Crippen LogP contribution in [0.15, 0.2) is 77.7 Å². The number of H-pyrrole nitrogens is 1. The van der Waals surface area contributed by atoms with Crippen molar-refractivity contribution in [1.29, 1.82) is 0 Å². The Bertz CT molecular complexity index is 1410. The van der Waals surface area contributed by atoms with Gasteiger partial charge in [0.25, 0.3) is 0 Å². The van der Waals surface area contributed by atoms with Crippen molar-refractivity contribution in [3.8, 4) is 11.4 Å². The number of aryl methyl sites for hydroxylation is 1. The van der Waals surface area contributed by atoms with Crippen LogP contribution in [0.5, 0.6) is 0 Å². The standard InChI is InChI=1S/C26H26N4O3S/c1-18-12-14-20(15-13-18)34(32,33)30-16-6-7-19(17-30)26(31)29-22-9-3-2-8-21(22)25-27-23-10-4-5-11-24(23)28-25/h2-5,8-15,19H,6-7,16-17H2,1H3,(H,27,28)(H,29,31). The molecule has 2 heterocycles. The number of piperidine rings is 1. The summed E-state index contributed by atoms with van der Waals surface area (Å²) in [6, 6.07) is 22.1. The Balaban J connectivity index is 1.35. The van der Waals surface area contributed by atoms with Gasteiger partial charge >= 0.3 is 0 Å². The number of imidazole rings is 1. The smallest absolute Gasteiger partial charge is 0.243 e. The molecule has 1 amide bonds. The lowest BCUT2D eigenvalue weighted by Gasteiger charge is -2.31. The van der Waals surface area contributed by atoms with Gasteiger partial charge in [-0.1, -0.05) is 42.0 Å². The molecule has 7 nitrogen and oxygen atoms in total. The topological polar surface area (TPSA) is 95.2 Å². The normalized spacial score (nSPS) is 17.0. The molecule has 8 heteroatoms. The minimum atomic E-state index is -3.65. The van der Waals surface area contributed by atoms with E-state index >= 15 is 0 Å². The van der Waals surface area contributed by atoms with Crippen molar-refractivity contribution in [2.45, 2.75) is 24.7 Å². The van der Waals surface area contributed by atoms with Gasteiger partial charge in [-0.15, -0.1) is 0 Å². The minimum Gasteiger partial charge on any atom is -0.338 e. The number of para-hydroxylation sites is 3. The van der Waals surface area contributed by atoms with Gasteiger partial charge in [0.2, 0.25) is 15.9 Å². The highest BCUT2D eigenvalue weighted by Gasteiger charge is 2.33. The first-order chi connectivity index (χ1) is 16.4. The number of carbonyl (C=O) groups is 1. The van der Waals surface area contributed by atoms with Crippen LogP contribution >= 0.6 is 0 Å². The van der Waals surface area contributed by atoms with Crippen LogP contribution in [-0.4, -0.2) is 41.7 Å². The number of carbonyl (C=O) groups excluding carboxylic acids is 1. The first-order valence-electron chi connectivity index (χ1n) is 11.3. The fourth-order valence-electron chi connectivity index (χ4n) is 4.35. The van der Waals surface area contributed by atoms with Crippen molar-refractivity contribution in [3.05, 3.63) is 78.4 Å². The first-order valence-corrected chi connectivity index (χ1v) is 12.8. The second kappa shape index (κ2) is 9.04. The molecule has 4 aromatic rings. The molecule has 0 aliphatic carbocycles. The van der Waals surface area contributed by atoms with Crippen molar-refractivity contribution < 1.29 is 13.2 Å². The predicted molar refractivity (Wildman–Crippen MR) is 133 cm³/mol. The lowest BCUT2D eigenvalue weighted by atomic mass is 9.98. The van der Waals surface area contributed by atoms with Gasteiger partial charge in [-0.25, -0.2) is 13.4 Å². The van der Waals surface area contributed by atoms with Gasteiger partial charge < -0.3 is 10.3 Å². The van der Waals surface area contributed by atoms with E-state index in [0.717, 1.165) is 22.2 Å². The number of fused-ring (bicyclic) bond motifs is 1. The molecule has 0 radical (unpaired) electrons. The van der Waals surface area contributed by atoms with E-state index in [2.05, 4.69) is 15.3 Å². The number of benzene rings is 3. The van der Waals surface area contributed by atoms with Crippen molar-refractivity contribution in [2.75, 3.05) is 18.4 Å². The Morgan fingerprint density at radius 3 is 2.56 bits per heavy atom. The van der Waals surface area contributed by atoms with Gasteiger partial charge in [-0.05, 0) is 56.2 Å². The molecule has 3 aromatic carbocycles. The molecule has 1 aliphatic rings. The van der Waals surface area contributed by atoms with Crippen LogP contribution in [0.25, 0.3) is 22.4 Å². The zero-order chi connectivity index (χ0) is 23.7. The third kappa shape index (κ3) is 4.34. The zero-order valence-electron chi connectivity index (χ0n) is 18.9. The average Bonchev–Trinajstić information content (AvgIpc) is 3.29. The van der Waals surface area contributed by atoms with E-state index in [4.69, 9.17) is 0 Å². The van der Waals surface area contributed by atoms with Crippen LogP contribution in [0.3, 0.4) is 0 Å². The van der Waals surface area contributed by atoms with Gasteiger partial charge in [0.15, 0.2) is 0 Å². The van der Waals surface area contributed by atoms with Crippen LogP contribution in [0.2, 0.25) is 0 Å². The highest BCUT2D eigenvalue weighted by molar-refractivity contribution is 7.89. The molecule has 1 saturated heterocycles. The van der Waals surface area contributed by atoms with Gasteiger partial charge in [0, 0.05) is 18.7 Å². The number of nitrogens with one attached hydrogen (secondary N) is 2. The maximum absolute atomic E-state index is 13.2. The molecular formula is C26H26N4O3S. The number of amides is 1. The summed E-state index contributed by atoms with van der Waals surface area (Å²) in [5, 5.41) is 3.02. The number of rotatable bonds is 5. The summed E-state index contributed by atoms with van der Waals surface area (Å²) in [5.41, 5.74) is 4.20. The van der Waals surface area contributed by atoms with Gasteiger partial charge in [0.1, 0.15) is 5.82 Å². The Morgan fingerprint density at radius 2 is 1.76 bits per heavy atom. The highest BCUT2D eigenvalue weighted by atomic mass is 32.2. The fraction of sp³-hybridized carbons (Fsp3) is 0.231. The number of hydrogen-bond acceptors (Lipinski definition) is 4. The summed E-state index contributed by atoms with van der Waals surface area (Å²) in [6.07, 6.45) is 1.27. The Morgan fingerprint density at radius 1 is 1.03 bits per heavy atom. The first kappa shape index (κ1) is 22.3. The van der Waals surface area contributed by atoms with Crippen LogP contribution in [0.4, 0.5) is 5.69 Å². The van der Waals surface area contributed by atoms with Gasteiger partial charge in [0.05, 0.1) is 27.5 Å². The minimum absolute atomic E-state index is 0.162. The number of anilines is 1. The molecule has 1 unspecified atom stereocenters. The molecule has 1 atom stereocenters. The number of aromatic nitrogens is 2. The fourth-order valence-corrected chi connectivity index (χ4v) is 5.87. The average molecular weight is 475 g/mol. The van der Waals surface area contributed by atoms with E-state index in [9.17, 15) is 13.2 Å². The SMILES string of the molecule is Cc1ccc(S(=O)(=O)N2CCCC(C(=O)Nc3ccccc3-c3nc4ccccc4[nH]3)C2)cc1. The summed E-state index contributed by atoms with van der Waals surface area (Å²) in [4.78, 5) is 21.4. The van der Waals surface area contributed by atoms with Crippen LogP contribution in [-0.2, 0) is 14.8 Å². The van der Waals surface area contributed by atoms with Crippen molar-refractivity contribution in [1.82, 2.24) is 14.3 Å². The van der Waals surface area contributed by atoms with E-state index in [1.54, 1.807) is 24.3 Å². The van der Waals surface area contributed by atoms with E-state index < -0.39 is 15.9 Å². The number of nitrogens with zero attached hydrogens (tertiary/aromatic N) is 2. The van der Waals surface area contributed by atoms with Crippen molar-refractivity contribution in [3.63, 3.8) is 0 Å². The van der Waals surface area contributed by atoms with E-state index in [-0.39, 0.29) is 17.3 Å². The van der Waals surface area contributed by atoms with Crippen molar-refractivity contribution >= 4 is 32.7 Å².